The molecule has 2 heterocycles. The molecule has 0 bridgehead atoms. The number of carbonyl (C=O) groups is 2. The van der Waals surface area contributed by atoms with E-state index in [9.17, 15) is 9.59 Å². The van der Waals surface area contributed by atoms with Crippen LogP contribution in [0.4, 0.5) is 10.7 Å². The third kappa shape index (κ3) is 3.85. The highest BCUT2D eigenvalue weighted by Crippen LogP contribution is 2.40. The summed E-state index contributed by atoms with van der Waals surface area (Å²) in [7, 11) is 0. The van der Waals surface area contributed by atoms with Crippen LogP contribution in [-0.4, -0.2) is 11.8 Å². The molecule has 1 aliphatic rings. The Labute approximate surface area is 174 Å². The van der Waals surface area contributed by atoms with Crippen molar-refractivity contribution in [1.82, 2.24) is 0 Å². The van der Waals surface area contributed by atoms with Crippen LogP contribution in [0.2, 0.25) is 0 Å². The number of benzene rings is 1. The zero-order valence-corrected chi connectivity index (χ0v) is 17.6. The van der Waals surface area contributed by atoms with Crippen molar-refractivity contribution in [3.63, 3.8) is 0 Å². The molecule has 1 atom stereocenters. The Kier molecular flexibility index (Phi) is 5.28. The molecule has 0 fully saturated rings. The molecule has 29 heavy (non-hydrogen) atoms. The normalized spacial score (nSPS) is 15.6. The number of hydrogen-bond acceptors (Lipinski definition) is 4. The maximum atomic E-state index is 13.3. The Morgan fingerprint density at radius 1 is 1.07 bits per heavy atom. The van der Waals surface area contributed by atoms with Crippen molar-refractivity contribution in [3.8, 4) is 0 Å². The van der Waals surface area contributed by atoms with E-state index < -0.39 is 0 Å². The zero-order valence-electron chi connectivity index (χ0n) is 16.8. The van der Waals surface area contributed by atoms with Gasteiger partial charge in [-0.15, -0.1) is 11.3 Å². The van der Waals surface area contributed by atoms with Crippen LogP contribution < -0.4 is 10.6 Å². The van der Waals surface area contributed by atoms with Gasteiger partial charge in [-0.2, -0.15) is 0 Å². The molecule has 0 saturated heterocycles. The van der Waals surface area contributed by atoms with Gasteiger partial charge in [-0.1, -0.05) is 25.1 Å². The molecule has 1 aromatic carbocycles. The van der Waals surface area contributed by atoms with Crippen molar-refractivity contribution in [2.45, 2.75) is 40.0 Å². The highest BCUT2D eigenvalue weighted by Gasteiger charge is 2.29. The molecular weight excluding hydrogens is 384 g/mol. The zero-order chi connectivity index (χ0) is 20.5. The van der Waals surface area contributed by atoms with E-state index in [-0.39, 0.29) is 17.6 Å². The molecule has 0 aliphatic heterocycles. The van der Waals surface area contributed by atoms with Gasteiger partial charge in [0, 0.05) is 10.6 Å². The average molecular weight is 409 g/mol. The first kappa shape index (κ1) is 19.5. The van der Waals surface area contributed by atoms with Crippen LogP contribution >= 0.6 is 11.3 Å². The van der Waals surface area contributed by atoms with E-state index in [0.29, 0.717) is 16.5 Å². The minimum atomic E-state index is -0.345. The topological polar surface area (TPSA) is 71.3 Å². The lowest BCUT2D eigenvalue weighted by Gasteiger charge is -2.19. The Bertz CT molecular complexity index is 1050. The monoisotopic (exact) mass is 408 g/mol. The lowest BCUT2D eigenvalue weighted by atomic mass is 9.88. The first-order chi connectivity index (χ1) is 13.9. The molecular formula is C23H24N2O3S. The number of furan rings is 1. The van der Waals surface area contributed by atoms with Gasteiger partial charge in [0.25, 0.3) is 11.8 Å². The summed E-state index contributed by atoms with van der Waals surface area (Å²) in [4.78, 5) is 27.1. The van der Waals surface area contributed by atoms with Crippen molar-refractivity contribution < 1.29 is 14.0 Å². The van der Waals surface area contributed by atoms with E-state index in [2.05, 4.69) is 17.6 Å². The summed E-state index contributed by atoms with van der Waals surface area (Å²) in [5.41, 5.74) is 4.49. The van der Waals surface area contributed by atoms with Gasteiger partial charge < -0.3 is 15.1 Å². The summed E-state index contributed by atoms with van der Waals surface area (Å²) in [6, 6.07) is 9.22. The standard InChI is InChI=1S/C23H24N2O3S/c1-13-9-10-16-18(12-13)29-23(25-21(26)17-8-5-11-28-17)19(16)22(27)24-20-14(2)6-4-7-15(20)3/h4-8,11,13H,9-10,12H2,1-3H3,(H,24,27)(H,25,26). The van der Waals surface area contributed by atoms with Crippen molar-refractivity contribution in [1.29, 1.82) is 0 Å². The third-order valence-corrected chi connectivity index (χ3v) is 6.60. The number of hydrogen-bond donors (Lipinski definition) is 2. The second-order valence-corrected chi connectivity index (χ2v) is 8.81. The predicted molar refractivity (Wildman–Crippen MR) is 116 cm³/mol. The van der Waals surface area contributed by atoms with Crippen LogP contribution in [0.5, 0.6) is 0 Å². The second-order valence-electron chi connectivity index (χ2n) is 7.71. The molecule has 1 aliphatic carbocycles. The molecule has 0 radical (unpaired) electrons. The Balaban J connectivity index is 1.70. The highest BCUT2D eigenvalue weighted by atomic mass is 32.1. The molecule has 2 aromatic heterocycles. The Morgan fingerprint density at radius 3 is 2.52 bits per heavy atom. The highest BCUT2D eigenvalue weighted by molar-refractivity contribution is 7.17. The van der Waals surface area contributed by atoms with Gasteiger partial charge in [0.15, 0.2) is 5.76 Å². The van der Waals surface area contributed by atoms with Gasteiger partial charge in [-0.05, 0) is 67.9 Å². The summed E-state index contributed by atoms with van der Waals surface area (Å²) < 4.78 is 5.21. The summed E-state index contributed by atoms with van der Waals surface area (Å²) in [5, 5.41) is 6.58. The van der Waals surface area contributed by atoms with Crippen LogP contribution in [0.1, 0.15) is 55.8 Å². The second kappa shape index (κ2) is 7.87. The van der Waals surface area contributed by atoms with Crippen LogP contribution in [-0.2, 0) is 12.8 Å². The number of carbonyl (C=O) groups excluding carboxylic acids is 2. The Hall–Kier alpha value is -2.86. The minimum absolute atomic E-state index is 0.177. The quantitative estimate of drug-likeness (QED) is 0.591. The van der Waals surface area contributed by atoms with Gasteiger partial charge in [0.2, 0.25) is 0 Å². The summed E-state index contributed by atoms with van der Waals surface area (Å²) in [6.45, 7) is 6.18. The number of aryl methyl sites for hydroxylation is 2. The van der Waals surface area contributed by atoms with Crippen LogP contribution in [0.15, 0.2) is 41.0 Å². The largest absolute Gasteiger partial charge is 0.459 e. The van der Waals surface area contributed by atoms with Crippen molar-refractivity contribution >= 4 is 33.8 Å². The van der Waals surface area contributed by atoms with Crippen molar-refractivity contribution in [2.24, 2.45) is 5.92 Å². The molecule has 3 aromatic rings. The van der Waals surface area contributed by atoms with Gasteiger partial charge in [0.1, 0.15) is 5.00 Å². The number of anilines is 2. The SMILES string of the molecule is Cc1cccc(C)c1NC(=O)c1c(NC(=O)c2ccco2)sc2c1CCC(C)C2. The number of rotatable bonds is 4. The molecule has 4 rings (SSSR count). The smallest absolute Gasteiger partial charge is 0.291 e. The van der Waals surface area contributed by atoms with Gasteiger partial charge in [-0.25, -0.2) is 0 Å². The summed E-state index contributed by atoms with van der Waals surface area (Å²) in [5.74, 6) is 0.280. The maximum Gasteiger partial charge on any atom is 0.291 e. The van der Waals surface area contributed by atoms with E-state index >= 15 is 0 Å². The number of thiophene rings is 1. The number of amides is 2. The first-order valence-corrected chi connectivity index (χ1v) is 10.6. The third-order valence-electron chi connectivity index (χ3n) is 5.43. The van der Waals surface area contributed by atoms with Gasteiger partial charge >= 0.3 is 0 Å². The average Bonchev–Trinajstić information content (AvgIpc) is 3.32. The number of fused-ring (bicyclic) bond motifs is 1. The molecule has 2 N–H and O–H groups in total. The fraction of sp³-hybridized carbons (Fsp3) is 0.304. The van der Waals surface area contributed by atoms with E-state index in [1.807, 2.05) is 32.0 Å². The van der Waals surface area contributed by atoms with E-state index in [1.165, 1.54) is 22.5 Å². The van der Waals surface area contributed by atoms with Gasteiger partial charge in [-0.3, -0.25) is 9.59 Å². The molecule has 5 nitrogen and oxygen atoms in total. The van der Waals surface area contributed by atoms with Crippen LogP contribution in [0.25, 0.3) is 0 Å². The number of nitrogens with one attached hydrogen (secondary N) is 2. The predicted octanol–water partition coefficient (Wildman–Crippen LogP) is 5.59. The molecule has 150 valence electrons. The van der Waals surface area contributed by atoms with Crippen molar-refractivity contribution in [2.75, 3.05) is 10.6 Å². The molecule has 0 spiro atoms. The molecule has 6 heteroatoms. The van der Waals surface area contributed by atoms with E-state index in [1.54, 1.807) is 12.1 Å². The molecule has 1 unspecified atom stereocenters. The van der Waals surface area contributed by atoms with E-state index in [0.717, 1.165) is 41.6 Å². The lowest BCUT2D eigenvalue weighted by molar-refractivity contribution is 0.0997. The van der Waals surface area contributed by atoms with Crippen LogP contribution in [0, 0.1) is 19.8 Å². The molecule has 0 saturated carbocycles. The summed E-state index contributed by atoms with van der Waals surface area (Å²) in [6.07, 6.45) is 4.28. The first-order valence-electron chi connectivity index (χ1n) is 9.81. The lowest BCUT2D eigenvalue weighted by Crippen LogP contribution is -2.20. The summed E-state index contributed by atoms with van der Waals surface area (Å²) >= 11 is 1.50. The minimum Gasteiger partial charge on any atom is -0.459 e. The van der Waals surface area contributed by atoms with Crippen molar-refractivity contribution in [3.05, 3.63) is 69.5 Å². The van der Waals surface area contributed by atoms with E-state index in [4.69, 9.17) is 4.42 Å². The maximum absolute atomic E-state index is 13.3. The van der Waals surface area contributed by atoms with Crippen LogP contribution in [0.3, 0.4) is 0 Å². The Morgan fingerprint density at radius 2 is 1.83 bits per heavy atom. The molecule has 2 amide bonds. The van der Waals surface area contributed by atoms with Gasteiger partial charge in [0.05, 0.1) is 11.8 Å². The fourth-order valence-corrected chi connectivity index (χ4v) is 5.24. The fourth-order valence-electron chi connectivity index (χ4n) is 3.84. The number of para-hydroxylation sites is 1.